The van der Waals surface area contributed by atoms with Crippen LogP contribution >= 0.6 is 34.8 Å². The first kappa shape index (κ1) is 18.4. The standard InChI is InChI=1S/C15H14Cl3NO3S/c1-19(9-10-4-3-5-11(16)8-10)23(20,21)13-7-6-12(22-2)14(17)15(13)18/h3-8H,9H2,1-2H3. The van der Waals surface area contributed by atoms with Crippen molar-refractivity contribution < 1.29 is 13.2 Å². The van der Waals surface area contributed by atoms with Gasteiger partial charge in [0.05, 0.1) is 12.1 Å². The van der Waals surface area contributed by atoms with Gasteiger partial charge in [0.25, 0.3) is 0 Å². The van der Waals surface area contributed by atoms with Crippen molar-refractivity contribution in [2.75, 3.05) is 14.2 Å². The van der Waals surface area contributed by atoms with Crippen LogP contribution in [0.2, 0.25) is 15.1 Å². The van der Waals surface area contributed by atoms with Crippen molar-refractivity contribution >= 4 is 44.8 Å². The van der Waals surface area contributed by atoms with Crippen LogP contribution in [0.1, 0.15) is 5.56 Å². The Bertz CT molecular complexity index is 825. The van der Waals surface area contributed by atoms with E-state index in [1.807, 2.05) is 0 Å². The van der Waals surface area contributed by atoms with Gasteiger partial charge in [-0.25, -0.2) is 8.42 Å². The van der Waals surface area contributed by atoms with Gasteiger partial charge in [0.1, 0.15) is 15.7 Å². The lowest BCUT2D eigenvalue weighted by Crippen LogP contribution is -2.26. The van der Waals surface area contributed by atoms with Crippen LogP contribution in [-0.4, -0.2) is 26.9 Å². The van der Waals surface area contributed by atoms with Gasteiger partial charge in [-0.1, -0.05) is 46.9 Å². The lowest BCUT2D eigenvalue weighted by Gasteiger charge is -2.19. The summed E-state index contributed by atoms with van der Waals surface area (Å²) in [7, 11) is -0.919. The molecule has 0 atom stereocenters. The maximum absolute atomic E-state index is 12.7. The van der Waals surface area contributed by atoms with Crippen molar-refractivity contribution in [2.45, 2.75) is 11.4 Å². The van der Waals surface area contributed by atoms with Crippen molar-refractivity contribution in [1.29, 1.82) is 0 Å². The van der Waals surface area contributed by atoms with Crippen molar-refractivity contribution in [1.82, 2.24) is 4.31 Å². The Balaban J connectivity index is 2.36. The second-order valence-corrected chi connectivity index (χ2v) is 7.99. The van der Waals surface area contributed by atoms with Crippen molar-refractivity contribution in [3.8, 4) is 5.75 Å². The number of halogens is 3. The highest BCUT2D eigenvalue weighted by Gasteiger charge is 2.26. The Morgan fingerprint density at radius 3 is 2.39 bits per heavy atom. The number of sulfonamides is 1. The summed E-state index contributed by atoms with van der Waals surface area (Å²) >= 11 is 18.0. The zero-order valence-corrected chi connectivity index (χ0v) is 15.5. The van der Waals surface area contributed by atoms with Gasteiger partial charge in [-0.05, 0) is 29.8 Å². The Hall–Kier alpha value is -0.980. The van der Waals surface area contributed by atoms with Gasteiger partial charge in [-0.3, -0.25) is 0 Å². The summed E-state index contributed by atoms with van der Waals surface area (Å²) in [6.07, 6.45) is 0. The third-order valence-electron chi connectivity index (χ3n) is 3.21. The smallest absolute Gasteiger partial charge is 0.244 e. The molecule has 0 amide bonds. The van der Waals surface area contributed by atoms with E-state index in [2.05, 4.69) is 0 Å². The van der Waals surface area contributed by atoms with Crippen LogP contribution in [0.4, 0.5) is 0 Å². The first-order chi connectivity index (χ1) is 10.8. The molecule has 0 saturated carbocycles. The minimum atomic E-state index is -3.81. The van der Waals surface area contributed by atoms with E-state index < -0.39 is 10.0 Å². The monoisotopic (exact) mass is 393 g/mol. The van der Waals surface area contributed by atoms with E-state index in [-0.39, 0.29) is 21.5 Å². The van der Waals surface area contributed by atoms with E-state index in [0.717, 1.165) is 5.56 Å². The summed E-state index contributed by atoms with van der Waals surface area (Å²) in [6, 6.07) is 9.82. The first-order valence-corrected chi connectivity index (χ1v) is 9.07. The van der Waals surface area contributed by atoms with Crippen molar-refractivity contribution in [3.05, 3.63) is 57.0 Å². The third-order valence-corrected chi connectivity index (χ3v) is 6.27. The molecule has 0 bridgehead atoms. The number of nitrogens with zero attached hydrogens (tertiary/aromatic N) is 1. The quantitative estimate of drug-likeness (QED) is 0.751. The lowest BCUT2D eigenvalue weighted by molar-refractivity contribution is 0.414. The maximum atomic E-state index is 12.7. The van der Waals surface area contributed by atoms with Gasteiger partial charge in [0, 0.05) is 18.6 Å². The number of hydrogen-bond donors (Lipinski definition) is 0. The SMILES string of the molecule is COc1ccc(S(=O)(=O)N(C)Cc2cccc(Cl)c2)c(Cl)c1Cl. The Morgan fingerprint density at radius 2 is 1.78 bits per heavy atom. The molecule has 0 saturated heterocycles. The normalized spacial score (nSPS) is 11.7. The van der Waals surface area contributed by atoms with Crippen LogP contribution in [0.25, 0.3) is 0 Å². The summed E-state index contributed by atoms with van der Waals surface area (Å²) < 4.78 is 31.6. The molecule has 0 aliphatic heterocycles. The van der Waals surface area contributed by atoms with Gasteiger partial charge >= 0.3 is 0 Å². The average Bonchev–Trinajstić information content (AvgIpc) is 2.49. The summed E-state index contributed by atoms with van der Waals surface area (Å²) in [5, 5.41) is 0.536. The summed E-state index contributed by atoms with van der Waals surface area (Å²) in [5.74, 6) is 0.313. The van der Waals surface area contributed by atoms with E-state index in [1.165, 1.54) is 30.6 Å². The fourth-order valence-corrected chi connectivity index (χ4v) is 4.20. The second-order valence-electron chi connectivity index (χ2n) is 4.78. The molecule has 0 spiro atoms. The van der Waals surface area contributed by atoms with Crippen LogP contribution in [0, 0.1) is 0 Å². The fourth-order valence-electron chi connectivity index (χ4n) is 2.02. The van der Waals surface area contributed by atoms with E-state index in [1.54, 1.807) is 24.3 Å². The molecule has 4 nitrogen and oxygen atoms in total. The van der Waals surface area contributed by atoms with E-state index >= 15 is 0 Å². The number of ether oxygens (including phenoxy) is 1. The molecule has 0 heterocycles. The van der Waals surface area contributed by atoms with Gasteiger partial charge in [-0.15, -0.1) is 0 Å². The molecule has 0 aliphatic rings. The Kier molecular flexibility index (Phi) is 5.81. The van der Waals surface area contributed by atoms with Crippen LogP contribution in [-0.2, 0) is 16.6 Å². The van der Waals surface area contributed by atoms with Gasteiger partial charge in [0.2, 0.25) is 10.0 Å². The largest absolute Gasteiger partial charge is 0.495 e. The summed E-state index contributed by atoms with van der Waals surface area (Å²) in [4.78, 5) is -0.0745. The Morgan fingerprint density at radius 1 is 1.09 bits per heavy atom. The molecule has 0 radical (unpaired) electrons. The molecule has 0 N–H and O–H groups in total. The average molecular weight is 395 g/mol. The van der Waals surface area contributed by atoms with E-state index in [0.29, 0.717) is 10.8 Å². The number of methoxy groups -OCH3 is 1. The molecule has 0 unspecified atom stereocenters. The molecule has 2 aromatic rings. The lowest BCUT2D eigenvalue weighted by atomic mass is 10.2. The van der Waals surface area contributed by atoms with Gasteiger partial charge in [0.15, 0.2) is 0 Å². The minimum absolute atomic E-state index is 0.0615. The maximum Gasteiger partial charge on any atom is 0.244 e. The summed E-state index contributed by atoms with van der Waals surface area (Å²) in [6.45, 7) is 0.156. The molecular weight excluding hydrogens is 381 g/mol. The molecule has 124 valence electrons. The fraction of sp³-hybridized carbons (Fsp3) is 0.200. The molecule has 0 aliphatic carbocycles. The zero-order valence-electron chi connectivity index (χ0n) is 12.4. The van der Waals surface area contributed by atoms with Gasteiger partial charge in [-0.2, -0.15) is 4.31 Å². The van der Waals surface area contributed by atoms with Gasteiger partial charge < -0.3 is 4.74 Å². The molecule has 0 fully saturated rings. The topological polar surface area (TPSA) is 46.6 Å². The van der Waals surface area contributed by atoms with E-state index in [4.69, 9.17) is 39.5 Å². The highest BCUT2D eigenvalue weighted by molar-refractivity contribution is 7.89. The summed E-state index contributed by atoms with van der Waals surface area (Å²) in [5.41, 5.74) is 0.763. The van der Waals surface area contributed by atoms with Crippen LogP contribution < -0.4 is 4.74 Å². The predicted octanol–water partition coefficient (Wildman–Crippen LogP) is 4.48. The van der Waals surface area contributed by atoms with Crippen LogP contribution in [0.15, 0.2) is 41.3 Å². The second kappa shape index (κ2) is 7.28. The molecule has 2 aromatic carbocycles. The van der Waals surface area contributed by atoms with Crippen molar-refractivity contribution in [3.63, 3.8) is 0 Å². The predicted molar refractivity (Wildman–Crippen MR) is 93.1 cm³/mol. The molecule has 8 heteroatoms. The number of hydrogen-bond acceptors (Lipinski definition) is 3. The first-order valence-electron chi connectivity index (χ1n) is 6.50. The number of rotatable bonds is 5. The Labute approximate surface area is 150 Å². The highest BCUT2D eigenvalue weighted by Crippen LogP contribution is 2.37. The van der Waals surface area contributed by atoms with E-state index in [9.17, 15) is 8.42 Å². The van der Waals surface area contributed by atoms with Crippen LogP contribution in [0.3, 0.4) is 0 Å². The van der Waals surface area contributed by atoms with Crippen LogP contribution in [0.5, 0.6) is 5.75 Å². The highest BCUT2D eigenvalue weighted by atomic mass is 35.5. The number of benzene rings is 2. The zero-order chi connectivity index (χ0) is 17.2. The van der Waals surface area contributed by atoms with Crippen molar-refractivity contribution in [2.24, 2.45) is 0 Å². The molecule has 23 heavy (non-hydrogen) atoms. The third kappa shape index (κ3) is 3.92. The minimum Gasteiger partial charge on any atom is -0.495 e. The molecular formula is C15H14Cl3NO3S. The molecule has 2 rings (SSSR count). The molecule has 0 aromatic heterocycles.